The molecule has 4 heteroatoms. The van der Waals surface area contributed by atoms with Crippen molar-refractivity contribution in [2.24, 2.45) is 5.92 Å². The Labute approximate surface area is 79.3 Å². The normalized spacial score (nSPS) is 13.9. The highest BCUT2D eigenvalue weighted by Crippen LogP contribution is 2.25. The lowest BCUT2D eigenvalue weighted by Gasteiger charge is -2.10. The third-order valence-corrected chi connectivity index (χ3v) is 3.31. The number of rotatable bonds is 2. The number of hydrogen-bond acceptors (Lipinski definition) is 3. The van der Waals surface area contributed by atoms with E-state index in [9.17, 15) is 0 Å². The van der Waals surface area contributed by atoms with Crippen LogP contribution in [0, 0.1) is 5.92 Å². The van der Waals surface area contributed by atoms with Gasteiger partial charge in [0, 0.05) is 5.92 Å². The summed E-state index contributed by atoms with van der Waals surface area (Å²) in [7, 11) is 0. The standard InChI is InChI=1S/C7H11BrN2S/c1-4(2)5(3)6-9-7(8)10-11-6/h4-5H,1-3H3. The fraction of sp³-hybridized carbons (Fsp3) is 0.714. The van der Waals surface area contributed by atoms with Crippen LogP contribution in [0.25, 0.3) is 0 Å². The molecule has 1 rings (SSSR count). The Kier molecular flexibility index (Phi) is 3.01. The van der Waals surface area contributed by atoms with Crippen LogP contribution in [0.2, 0.25) is 0 Å². The van der Waals surface area contributed by atoms with E-state index in [2.05, 4.69) is 46.1 Å². The smallest absolute Gasteiger partial charge is 0.209 e. The van der Waals surface area contributed by atoms with Crippen LogP contribution in [0.15, 0.2) is 4.73 Å². The first kappa shape index (κ1) is 9.13. The average molecular weight is 235 g/mol. The summed E-state index contributed by atoms with van der Waals surface area (Å²) >= 11 is 4.72. The zero-order chi connectivity index (χ0) is 8.43. The molecule has 0 saturated heterocycles. The highest BCUT2D eigenvalue weighted by atomic mass is 79.9. The second-order valence-corrected chi connectivity index (χ2v) is 4.43. The molecule has 1 aromatic heterocycles. The summed E-state index contributed by atoms with van der Waals surface area (Å²) in [4.78, 5) is 4.26. The third-order valence-electron chi connectivity index (χ3n) is 1.81. The van der Waals surface area contributed by atoms with Gasteiger partial charge in [-0.2, -0.15) is 4.37 Å². The quantitative estimate of drug-likeness (QED) is 0.787. The van der Waals surface area contributed by atoms with E-state index in [4.69, 9.17) is 0 Å². The number of nitrogens with zero attached hydrogens (tertiary/aromatic N) is 2. The van der Waals surface area contributed by atoms with Crippen molar-refractivity contribution in [3.8, 4) is 0 Å². The second-order valence-electron chi connectivity index (χ2n) is 2.93. The Morgan fingerprint density at radius 1 is 1.36 bits per heavy atom. The molecule has 0 aliphatic heterocycles. The van der Waals surface area contributed by atoms with E-state index in [1.165, 1.54) is 11.5 Å². The first-order valence-corrected chi connectivity index (χ1v) is 5.17. The van der Waals surface area contributed by atoms with Crippen LogP contribution >= 0.6 is 27.5 Å². The first-order valence-electron chi connectivity index (χ1n) is 3.60. The zero-order valence-electron chi connectivity index (χ0n) is 6.84. The van der Waals surface area contributed by atoms with Crippen LogP contribution < -0.4 is 0 Å². The van der Waals surface area contributed by atoms with Gasteiger partial charge in [0.25, 0.3) is 0 Å². The highest BCUT2D eigenvalue weighted by molar-refractivity contribution is 9.10. The van der Waals surface area contributed by atoms with Gasteiger partial charge in [-0.3, -0.25) is 0 Å². The summed E-state index contributed by atoms with van der Waals surface area (Å²) < 4.78 is 4.78. The molecule has 0 bridgehead atoms. The van der Waals surface area contributed by atoms with Crippen molar-refractivity contribution in [2.75, 3.05) is 0 Å². The van der Waals surface area contributed by atoms with Crippen LogP contribution in [-0.2, 0) is 0 Å². The number of aromatic nitrogens is 2. The van der Waals surface area contributed by atoms with Gasteiger partial charge in [-0.05, 0) is 33.4 Å². The molecule has 0 aromatic carbocycles. The van der Waals surface area contributed by atoms with E-state index in [1.54, 1.807) is 0 Å². The molecule has 1 aromatic rings. The predicted octanol–water partition coefficient (Wildman–Crippen LogP) is 3.06. The van der Waals surface area contributed by atoms with Gasteiger partial charge < -0.3 is 0 Å². The van der Waals surface area contributed by atoms with Gasteiger partial charge in [0.05, 0.1) is 0 Å². The maximum absolute atomic E-state index is 4.26. The molecule has 1 atom stereocenters. The first-order chi connectivity index (χ1) is 5.11. The molecule has 0 saturated carbocycles. The Balaban J connectivity index is 2.76. The van der Waals surface area contributed by atoms with Gasteiger partial charge in [-0.1, -0.05) is 20.8 Å². The molecular formula is C7H11BrN2S. The van der Waals surface area contributed by atoms with E-state index in [0.717, 1.165) is 5.01 Å². The maximum Gasteiger partial charge on any atom is 0.209 e. The molecule has 0 fully saturated rings. The zero-order valence-corrected chi connectivity index (χ0v) is 9.24. The Hall–Kier alpha value is 0.0400. The number of halogens is 1. The van der Waals surface area contributed by atoms with Crippen molar-refractivity contribution in [3.63, 3.8) is 0 Å². The topological polar surface area (TPSA) is 25.8 Å². The van der Waals surface area contributed by atoms with Gasteiger partial charge in [0.2, 0.25) is 4.73 Å². The van der Waals surface area contributed by atoms with Gasteiger partial charge in [0.15, 0.2) is 0 Å². The van der Waals surface area contributed by atoms with E-state index in [-0.39, 0.29) is 0 Å². The monoisotopic (exact) mass is 234 g/mol. The van der Waals surface area contributed by atoms with Crippen LogP contribution in [-0.4, -0.2) is 9.36 Å². The molecule has 62 valence electrons. The molecule has 11 heavy (non-hydrogen) atoms. The third kappa shape index (κ3) is 2.24. The van der Waals surface area contributed by atoms with Gasteiger partial charge in [-0.15, -0.1) is 0 Å². The van der Waals surface area contributed by atoms with Gasteiger partial charge in [0.1, 0.15) is 5.01 Å². The van der Waals surface area contributed by atoms with Crippen molar-refractivity contribution in [3.05, 3.63) is 9.74 Å². The summed E-state index contributed by atoms with van der Waals surface area (Å²) in [5, 5.41) is 1.12. The fourth-order valence-corrected chi connectivity index (χ4v) is 1.99. The van der Waals surface area contributed by atoms with Crippen LogP contribution in [0.4, 0.5) is 0 Å². The highest BCUT2D eigenvalue weighted by Gasteiger charge is 2.13. The van der Waals surface area contributed by atoms with E-state index >= 15 is 0 Å². The summed E-state index contributed by atoms with van der Waals surface area (Å²) in [6, 6.07) is 0. The molecule has 1 heterocycles. The minimum atomic E-state index is 0.513. The molecule has 0 aliphatic rings. The van der Waals surface area contributed by atoms with E-state index in [1.807, 2.05) is 0 Å². The fourth-order valence-electron chi connectivity index (χ4n) is 0.686. The Bertz CT molecular complexity index is 234. The minimum Gasteiger partial charge on any atom is -0.214 e. The second kappa shape index (κ2) is 3.63. The van der Waals surface area contributed by atoms with E-state index in [0.29, 0.717) is 16.6 Å². The Morgan fingerprint density at radius 3 is 2.36 bits per heavy atom. The molecular weight excluding hydrogens is 224 g/mol. The van der Waals surface area contributed by atoms with Crippen LogP contribution in [0.3, 0.4) is 0 Å². The molecule has 0 aliphatic carbocycles. The molecule has 1 unspecified atom stereocenters. The summed E-state index contributed by atoms with van der Waals surface area (Å²) in [5.41, 5.74) is 0. The summed E-state index contributed by atoms with van der Waals surface area (Å²) in [5.74, 6) is 1.15. The molecule has 0 spiro atoms. The lowest BCUT2D eigenvalue weighted by atomic mass is 9.99. The SMILES string of the molecule is CC(C)C(C)c1nc(Br)ns1. The maximum atomic E-state index is 4.26. The predicted molar refractivity (Wildman–Crippen MR) is 50.9 cm³/mol. The van der Waals surface area contributed by atoms with Crippen molar-refractivity contribution in [2.45, 2.75) is 26.7 Å². The molecule has 0 N–H and O–H groups in total. The molecule has 2 nitrogen and oxygen atoms in total. The van der Waals surface area contributed by atoms with Crippen molar-refractivity contribution in [1.82, 2.24) is 9.36 Å². The van der Waals surface area contributed by atoms with Crippen molar-refractivity contribution >= 4 is 27.5 Å². The van der Waals surface area contributed by atoms with E-state index < -0.39 is 0 Å². The number of hydrogen-bond donors (Lipinski definition) is 0. The lowest BCUT2D eigenvalue weighted by molar-refractivity contribution is 0.532. The van der Waals surface area contributed by atoms with Gasteiger partial charge in [-0.25, -0.2) is 4.98 Å². The molecule has 0 radical (unpaired) electrons. The largest absolute Gasteiger partial charge is 0.214 e. The van der Waals surface area contributed by atoms with Crippen LogP contribution in [0.1, 0.15) is 31.7 Å². The summed E-state index contributed by atoms with van der Waals surface area (Å²) in [6.45, 7) is 6.57. The minimum absolute atomic E-state index is 0.513. The Morgan fingerprint density at radius 2 is 2.00 bits per heavy atom. The summed E-state index contributed by atoms with van der Waals surface area (Å²) in [6.07, 6.45) is 0. The average Bonchev–Trinajstić information content (AvgIpc) is 2.34. The van der Waals surface area contributed by atoms with Crippen LogP contribution in [0.5, 0.6) is 0 Å². The van der Waals surface area contributed by atoms with Crippen molar-refractivity contribution < 1.29 is 0 Å². The lowest BCUT2D eigenvalue weighted by Crippen LogP contribution is -2.00. The van der Waals surface area contributed by atoms with Gasteiger partial charge >= 0.3 is 0 Å². The molecule has 0 amide bonds. The van der Waals surface area contributed by atoms with Crippen molar-refractivity contribution in [1.29, 1.82) is 0 Å².